The lowest BCUT2D eigenvalue weighted by atomic mass is 10.2. The fourth-order valence-electron chi connectivity index (χ4n) is 2.49. The largest absolute Gasteiger partial charge is 0.350 e. The van der Waals surface area contributed by atoms with Crippen LogP contribution in [-0.2, 0) is 16.1 Å². The van der Waals surface area contributed by atoms with Crippen molar-refractivity contribution in [2.24, 2.45) is 0 Å². The number of carbonyl (C=O) groups is 2. The fraction of sp³-hybridized carbons (Fsp3) is 0.500. The number of hydrogen-bond donors (Lipinski definition) is 1. The lowest BCUT2D eigenvalue weighted by Crippen LogP contribution is -2.47. The molecule has 4 heteroatoms. The maximum Gasteiger partial charge on any atom is 0.242 e. The summed E-state index contributed by atoms with van der Waals surface area (Å²) in [4.78, 5) is 25.9. The smallest absolute Gasteiger partial charge is 0.242 e. The van der Waals surface area contributed by atoms with Gasteiger partial charge >= 0.3 is 0 Å². The Bertz CT molecular complexity index is 459. The van der Waals surface area contributed by atoms with Crippen LogP contribution in [0.25, 0.3) is 0 Å². The van der Waals surface area contributed by atoms with Gasteiger partial charge in [0.05, 0.1) is 0 Å². The minimum atomic E-state index is -0.385. The molecule has 1 atom stereocenters. The molecule has 20 heavy (non-hydrogen) atoms. The highest BCUT2D eigenvalue weighted by Crippen LogP contribution is 2.14. The molecular weight excluding hydrogens is 252 g/mol. The SMILES string of the molecule is CC(C(=O)NCc1ccccc1)N1CCCCCC1=O. The van der Waals surface area contributed by atoms with E-state index in [-0.39, 0.29) is 17.9 Å². The molecule has 2 rings (SSSR count). The van der Waals surface area contributed by atoms with Gasteiger partial charge in [-0.05, 0) is 25.3 Å². The van der Waals surface area contributed by atoms with Gasteiger partial charge in [-0.2, -0.15) is 0 Å². The van der Waals surface area contributed by atoms with E-state index in [0.29, 0.717) is 19.5 Å². The Labute approximate surface area is 120 Å². The van der Waals surface area contributed by atoms with Gasteiger partial charge in [0.2, 0.25) is 11.8 Å². The molecule has 0 aromatic heterocycles. The zero-order chi connectivity index (χ0) is 14.4. The molecule has 1 aromatic rings. The van der Waals surface area contributed by atoms with Crippen LogP contribution >= 0.6 is 0 Å². The minimum absolute atomic E-state index is 0.0795. The Balaban J connectivity index is 1.89. The van der Waals surface area contributed by atoms with Crippen molar-refractivity contribution in [2.45, 2.75) is 45.2 Å². The molecule has 1 heterocycles. The minimum Gasteiger partial charge on any atom is -0.350 e. The molecular formula is C16H22N2O2. The van der Waals surface area contributed by atoms with Crippen LogP contribution in [0.15, 0.2) is 30.3 Å². The molecule has 0 aliphatic carbocycles. The Hall–Kier alpha value is -1.84. The monoisotopic (exact) mass is 274 g/mol. The van der Waals surface area contributed by atoms with Crippen LogP contribution in [0.1, 0.15) is 38.2 Å². The molecule has 1 saturated heterocycles. The molecule has 1 unspecified atom stereocenters. The second-order valence-electron chi connectivity index (χ2n) is 5.28. The summed E-state index contributed by atoms with van der Waals surface area (Å²) < 4.78 is 0. The molecule has 2 amide bonds. The first-order chi connectivity index (χ1) is 9.68. The highest BCUT2D eigenvalue weighted by Gasteiger charge is 2.26. The number of carbonyl (C=O) groups excluding carboxylic acids is 2. The summed E-state index contributed by atoms with van der Waals surface area (Å²) in [5, 5.41) is 2.90. The van der Waals surface area contributed by atoms with Crippen molar-refractivity contribution in [3.05, 3.63) is 35.9 Å². The van der Waals surface area contributed by atoms with Crippen molar-refractivity contribution in [3.8, 4) is 0 Å². The molecule has 1 aromatic carbocycles. The summed E-state index contributed by atoms with van der Waals surface area (Å²) in [6.45, 7) is 3.01. The van der Waals surface area contributed by atoms with Crippen LogP contribution in [0.3, 0.4) is 0 Å². The van der Waals surface area contributed by atoms with Crippen LogP contribution in [-0.4, -0.2) is 29.3 Å². The van der Waals surface area contributed by atoms with E-state index in [1.165, 1.54) is 0 Å². The van der Waals surface area contributed by atoms with E-state index in [0.717, 1.165) is 24.8 Å². The third-order valence-electron chi connectivity index (χ3n) is 3.77. The van der Waals surface area contributed by atoms with Gasteiger partial charge in [0.25, 0.3) is 0 Å². The number of benzene rings is 1. The first-order valence-corrected chi connectivity index (χ1v) is 7.29. The zero-order valence-electron chi connectivity index (χ0n) is 12.0. The summed E-state index contributed by atoms with van der Waals surface area (Å²) >= 11 is 0. The second-order valence-corrected chi connectivity index (χ2v) is 5.28. The van der Waals surface area contributed by atoms with E-state index in [2.05, 4.69) is 5.32 Å². The predicted molar refractivity (Wildman–Crippen MR) is 77.9 cm³/mol. The van der Waals surface area contributed by atoms with Crippen molar-refractivity contribution in [1.29, 1.82) is 0 Å². The lowest BCUT2D eigenvalue weighted by molar-refractivity contribution is -0.139. The van der Waals surface area contributed by atoms with E-state index < -0.39 is 0 Å². The third kappa shape index (κ3) is 3.83. The Morgan fingerprint density at radius 2 is 2.00 bits per heavy atom. The maximum atomic E-state index is 12.2. The topological polar surface area (TPSA) is 49.4 Å². The Morgan fingerprint density at radius 1 is 1.25 bits per heavy atom. The van der Waals surface area contributed by atoms with Crippen molar-refractivity contribution in [3.63, 3.8) is 0 Å². The van der Waals surface area contributed by atoms with Gasteiger partial charge in [-0.3, -0.25) is 9.59 Å². The standard InChI is InChI=1S/C16H22N2O2/c1-13(18-11-7-3-6-10-15(18)19)16(20)17-12-14-8-4-2-5-9-14/h2,4-5,8-9,13H,3,6-7,10-12H2,1H3,(H,17,20). The molecule has 0 radical (unpaired) electrons. The molecule has 1 aliphatic heterocycles. The van der Waals surface area contributed by atoms with Crippen LogP contribution in [0.2, 0.25) is 0 Å². The Morgan fingerprint density at radius 3 is 2.75 bits per heavy atom. The summed E-state index contributed by atoms with van der Waals surface area (Å²) in [5.41, 5.74) is 1.07. The van der Waals surface area contributed by atoms with Crippen molar-refractivity contribution in [2.75, 3.05) is 6.54 Å². The van der Waals surface area contributed by atoms with E-state index in [4.69, 9.17) is 0 Å². The average Bonchev–Trinajstić information content (AvgIpc) is 2.69. The molecule has 1 fully saturated rings. The quantitative estimate of drug-likeness (QED) is 0.914. The van der Waals surface area contributed by atoms with Crippen LogP contribution in [0.5, 0.6) is 0 Å². The number of nitrogens with one attached hydrogen (secondary N) is 1. The van der Waals surface area contributed by atoms with Gasteiger partial charge in [-0.15, -0.1) is 0 Å². The molecule has 0 spiro atoms. The van der Waals surface area contributed by atoms with Crippen LogP contribution in [0.4, 0.5) is 0 Å². The van der Waals surface area contributed by atoms with Crippen LogP contribution < -0.4 is 5.32 Å². The van der Waals surface area contributed by atoms with Gasteiger partial charge < -0.3 is 10.2 Å². The third-order valence-corrected chi connectivity index (χ3v) is 3.77. The summed E-state index contributed by atoms with van der Waals surface area (Å²) in [7, 11) is 0. The number of rotatable bonds is 4. The molecule has 0 bridgehead atoms. The normalized spacial score (nSPS) is 17.4. The summed E-state index contributed by atoms with van der Waals surface area (Å²) in [6, 6.07) is 9.41. The van der Waals surface area contributed by atoms with Crippen molar-refractivity contribution < 1.29 is 9.59 Å². The average molecular weight is 274 g/mol. The van der Waals surface area contributed by atoms with Crippen molar-refractivity contribution in [1.82, 2.24) is 10.2 Å². The number of nitrogens with zero attached hydrogens (tertiary/aromatic N) is 1. The highest BCUT2D eigenvalue weighted by molar-refractivity contribution is 5.87. The lowest BCUT2D eigenvalue weighted by Gasteiger charge is -2.27. The molecule has 0 saturated carbocycles. The summed E-state index contributed by atoms with van der Waals surface area (Å²) in [6.07, 6.45) is 3.56. The van der Waals surface area contributed by atoms with Gasteiger partial charge in [0.15, 0.2) is 0 Å². The zero-order valence-corrected chi connectivity index (χ0v) is 12.0. The molecule has 1 aliphatic rings. The number of amides is 2. The predicted octanol–water partition coefficient (Wildman–Crippen LogP) is 2.09. The fourth-order valence-corrected chi connectivity index (χ4v) is 2.49. The van der Waals surface area contributed by atoms with E-state index in [1.807, 2.05) is 37.3 Å². The van der Waals surface area contributed by atoms with E-state index >= 15 is 0 Å². The van der Waals surface area contributed by atoms with E-state index in [1.54, 1.807) is 4.90 Å². The first kappa shape index (κ1) is 14.6. The maximum absolute atomic E-state index is 12.2. The summed E-state index contributed by atoms with van der Waals surface area (Å²) in [5.74, 6) is 0.0222. The molecule has 4 nitrogen and oxygen atoms in total. The molecule has 108 valence electrons. The Kier molecular flexibility index (Phi) is 5.16. The van der Waals surface area contributed by atoms with Gasteiger partial charge in [-0.1, -0.05) is 36.8 Å². The molecule has 1 N–H and O–H groups in total. The van der Waals surface area contributed by atoms with E-state index in [9.17, 15) is 9.59 Å². The van der Waals surface area contributed by atoms with Gasteiger partial charge in [0.1, 0.15) is 6.04 Å². The number of hydrogen-bond acceptors (Lipinski definition) is 2. The van der Waals surface area contributed by atoms with Gasteiger partial charge in [0, 0.05) is 19.5 Å². The second kappa shape index (κ2) is 7.08. The van der Waals surface area contributed by atoms with Crippen LogP contribution in [0, 0.1) is 0 Å². The van der Waals surface area contributed by atoms with Crippen molar-refractivity contribution >= 4 is 11.8 Å². The first-order valence-electron chi connectivity index (χ1n) is 7.29. The highest BCUT2D eigenvalue weighted by atomic mass is 16.2. The number of likely N-dealkylation sites (tertiary alicyclic amines) is 1. The van der Waals surface area contributed by atoms with Gasteiger partial charge in [-0.25, -0.2) is 0 Å².